The highest BCUT2D eigenvalue weighted by Gasteiger charge is 2.34. The minimum atomic E-state index is -4.19. The maximum Gasteiger partial charge on any atom is 0.298 e. The molecular formula is C25H36NO3P. The number of aryl methyl sites for hydroxylation is 3. The van der Waals surface area contributed by atoms with Crippen molar-refractivity contribution >= 4 is 18.2 Å². The Bertz CT molecular complexity index is 882. The average Bonchev–Trinajstić information content (AvgIpc) is 2.68. The van der Waals surface area contributed by atoms with E-state index in [2.05, 4.69) is 13.8 Å². The molecule has 2 rings (SSSR count). The molecule has 30 heavy (non-hydrogen) atoms. The molecule has 0 aliphatic rings. The van der Waals surface area contributed by atoms with Crippen molar-refractivity contribution in [2.45, 2.75) is 78.7 Å². The van der Waals surface area contributed by atoms with Crippen LogP contribution in [0, 0.1) is 13.8 Å². The maximum absolute atomic E-state index is 13.1. The molecule has 0 bridgehead atoms. The quantitative estimate of drug-likeness (QED) is 0.368. The first-order valence-electron chi connectivity index (χ1n) is 11.0. The lowest BCUT2D eigenvalue weighted by Gasteiger charge is -2.16. The minimum absolute atomic E-state index is 0.0737. The number of hydrogen-bond donors (Lipinski definition) is 2. The number of benzene rings is 2. The van der Waals surface area contributed by atoms with E-state index >= 15 is 0 Å². The van der Waals surface area contributed by atoms with Gasteiger partial charge < -0.3 is 10.6 Å². The number of nitrogens with two attached hydrogens (primary N) is 1. The molecule has 2 aromatic rings. The van der Waals surface area contributed by atoms with Gasteiger partial charge in [0.25, 0.3) is 12.9 Å². The third-order valence-electron chi connectivity index (χ3n) is 5.59. The van der Waals surface area contributed by atoms with E-state index in [9.17, 15) is 14.3 Å². The summed E-state index contributed by atoms with van der Waals surface area (Å²) >= 11 is 0. The summed E-state index contributed by atoms with van der Waals surface area (Å²) in [6.45, 7) is 7.96. The summed E-state index contributed by atoms with van der Waals surface area (Å²) in [7, 11) is -4.19. The molecule has 164 valence electrons. The Morgan fingerprint density at radius 1 is 1.00 bits per heavy atom. The summed E-state index contributed by atoms with van der Waals surface area (Å²) in [6, 6.07) is 10.8. The van der Waals surface area contributed by atoms with Gasteiger partial charge in [-0.25, -0.2) is 0 Å². The smallest absolute Gasteiger partial charge is 0.298 e. The lowest BCUT2D eigenvalue weighted by molar-refractivity contribution is 0.106. The topological polar surface area (TPSA) is 80.4 Å². The van der Waals surface area contributed by atoms with E-state index in [-0.39, 0.29) is 11.3 Å². The number of carbonyl (C=O) groups excluding carboxylic acids is 1. The van der Waals surface area contributed by atoms with E-state index in [0.717, 1.165) is 55.2 Å². The Morgan fingerprint density at radius 3 is 2.13 bits per heavy atom. The predicted octanol–water partition coefficient (Wildman–Crippen LogP) is 5.44. The molecule has 0 amide bonds. The third-order valence-corrected chi connectivity index (χ3v) is 7.37. The molecule has 2 unspecified atom stereocenters. The van der Waals surface area contributed by atoms with Gasteiger partial charge in [-0.1, -0.05) is 57.4 Å². The summed E-state index contributed by atoms with van der Waals surface area (Å²) < 4.78 is 13.1. The second-order valence-corrected chi connectivity index (χ2v) is 10.4. The summed E-state index contributed by atoms with van der Waals surface area (Å²) in [5, 5.41) is 0.172. The van der Waals surface area contributed by atoms with Gasteiger partial charge in [0.15, 0.2) is 0 Å². The first-order valence-corrected chi connectivity index (χ1v) is 12.7. The van der Waals surface area contributed by atoms with Gasteiger partial charge in [0.05, 0.1) is 0 Å². The monoisotopic (exact) mass is 429 g/mol. The Kier molecular flexibility index (Phi) is 9.03. The Labute approximate surface area is 181 Å². The SMILES string of the molecule is CCCCCc1cc(C)c(C(=O)P(=O)(O)c2ccc(CC(N)CCC)cc2)c(C)c1. The number of unbranched alkanes of at least 4 members (excludes halogenated alkanes) is 2. The van der Waals surface area contributed by atoms with Crippen molar-refractivity contribution in [3.63, 3.8) is 0 Å². The largest absolute Gasteiger partial charge is 0.336 e. The molecule has 0 saturated carbocycles. The normalized spacial score (nSPS) is 14.3. The lowest BCUT2D eigenvalue weighted by Crippen LogP contribution is -2.22. The van der Waals surface area contributed by atoms with Crippen molar-refractivity contribution in [2.24, 2.45) is 5.73 Å². The van der Waals surface area contributed by atoms with Crippen LogP contribution in [0.2, 0.25) is 0 Å². The fraction of sp³-hybridized carbons (Fsp3) is 0.480. The van der Waals surface area contributed by atoms with Crippen LogP contribution in [0.3, 0.4) is 0 Å². The molecular weight excluding hydrogens is 393 g/mol. The van der Waals surface area contributed by atoms with Crippen molar-refractivity contribution < 1.29 is 14.3 Å². The minimum Gasteiger partial charge on any atom is -0.336 e. The second kappa shape index (κ2) is 11.0. The van der Waals surface area contributed by atoms with Gasteiger partial charge in [-0.3, -0.25) is 9.36 Å². The van der Waals surface area contributed by atoms with Gasteiger partial charge in [-0.2, -0.15) is 0 Å². The Balaban J connectivity index is 2.23. The average molecular weight is 430 g/mol. The highest BCUT2D eigenvalue weighted by atomic mass is 31.2. The van der Waals surface area contributed by atoms with Crippen LogP contribution in [0.1, 0.15) is 78.6 Å². The van der Waals surface area contributed by atoms with Crippen molar-refractivity contribution in [1.82, 2.24) is 0 Å². The Hall–Kier alpha value is -1.74. The molecule has 0 fully saturated rings. The second-order valence-electron chi connectivity index (χ2n) is 8.36. The highest BCUT2D eigenvalue weighted by Crippen LogP contribution is 2.44. The van der Waals surface area contributed by atoms with E-state index in [1.165, 1.54) is 12.0 Å². The molecule has 3 N–H and O–H groups in total. The number of rotatable bonds is 11. The molecule has 0 aliphatic heterocycles. The van der Waals surface area contributed by atoms with E-state index in [1.807, 2.05) is 26.0 Å². The fourth-order valence-corrected chi connectivity index (χ4v) is 5.44. The zero-order chi connectivity index (χ0) is 22.3. The predicted molar refractivity (Wildman–Crippen MR) is 126 cm³/mol. The van der Waals surface area contributed by atoms with Gasteiger partial charge in [0.1, 0.15) is 0 Å². The molecule has 0 spiro atoms. The summed E-state index contributed by atoms with van der Waals surface area (Å²) in [5.41, 5.74) is 9.49. The molecule has 2 aromatic carbocycles. The Morgan fingerprint density at radius 2 is 1.60 bits per heavy atom. The van der Waals surface area contributed by atoms with Crippen LogP contribution in [0.5, 0.6) is 0 Å². The van der Waals surface area contributed by atoms with Crippen molar-refractivity contribution in [1.29, 1.82) is 0 Å². The molecule has 0 aromatic heterocycles. The fourth-order valence-electron chi connectivity index (χ4n) is 3.99. The van der Waals surface area contributed by atoms with Crippen molar-refractivity contribution in [3.8, 4) is 0 Å². The first-order chi connectivity index (χ1) is 14.2. The van der Waals surface area contributed by atoms with Gasteiger partial charge in [0, 0.05) is 16.9 Å². The van der Waals surface area contributed by atoms with Gasteiger partial charge in [0.2, 0.25) is 0 Å². The zero-order valence-electron chi connectivity index (χ0n) is 18.8. The van der Waals surface area contributed by atoms with E-state index in [0.29, 0.717) is 5.56 Å². The van der Waals surface area contributed by atoms with E-state index < -0.39 is 12.9 Å². The van der Waals surface area contributed by atoms with Gasteiger partial charge in [-0.15, -0.1) is 0 Å². The summed E-state index contributed by atoms with van der Waals surface area (Å²) in [5.74, 6) is 0. The van der Waals surface area contributed by atoms with Crippen LogP contribution in [0.4, 0.5) is 0 Å². The van der Waals surface area contributed by atoms with E-state index in [4.69, 9.17) is 5.73 Å². The lowest BCUT2D eigenvalue weighted by atomic mass is 9.97. The van der Waals surface area contributed by atoms with Gasteiger partial charge >= 0.3 is 0 Å². The van der Waals surface area contributed by atoms with Crippen LogP contribution < -0.4 is 11.0 Å². The molecule has 5 heteroatoms. The zero-order valence-corrected chi connectivity index (χ0v) is 19.7. The summed E-state index contributed by atoms with van der Waals surface area (Å²) in [4.78, 5) is 23.8. The van der Waals surface area contributed by atoms with Crippen molar-refractivity contribution in [3.05, 3.63) is 64.2 Å². The van der Waals surface area contributed by atoms with Crippen LogP contribution in [0.25, 0.3) is 0 Å². The number of carbonyl (C=O) groups is 1. The first kappa shape index (κ1) is 24.5. The van der Waals surface area contributed by atoms with Gasteiger partial charge in [-0.05, 0) is 73.9 Å². The molecule has 0 heterocycles. The maximum atomic E-state index is 13.1. The standard InChI is InChI=1S/C25H36NO3P/c1-5-7-8-10-21-15-18(3)24(19(4)16-21)25(27)30(28,29)23-13-11-20(12-14-23)17-22(26)9-6-2/h11-16,22H,5-10,17,26H2,1-4H3,(H,28,29). The van der Waals surface area contributed by atoms with Crippen molar-refractivity contribution in [2.75, 3.05) is 0 Å². The molecule has 0 radical (unpaired) electrons. The molecule has 0 saturated heterocycles. The summed E-state index contributed by atoms with van der Waals surface area (Å²) in [6.07, 6.45) is 7.07. The van der Waals surface area contributed by atoms with Crippen LogP contribution >= 0.6 is 7.37 Å². The van der Waals surface area contributed by atoms with Crippen LogP contribution in [-0.2, 0) is 17.4 Å². The highest BCUT2D eigenvalue weighted by molar-refractivity contribution is 7.82. The molecule has 4 nitrogen and oxygen atoms in total. The molecule has 2 atom stereocenters. The molecule has 0 aliphatic carbocycles. The van der Waals surface area contributed by atoms with Crippen LogP contribution in [0.15, 0.2) is 36.4 Å². The van der Waals surface area contributed by atoms with Crippen LogP contribution in [-0.4, -0.2) is 16.5 Å². The number of hydrogen-bond acceptors (Lipinski definition) is 3. The third kappa shape index (κ3) is 6.14. The van der Waals surface area contributed by atoms with E-state index in [1.54, 1.807) is 24.3 Å².